The number of carbonyl (C=O) groups is 1. The standard InChI is InChI=1S/C14H23FO2/c1-5-17-14(16)13(15)10-9-12(4)8-6-7-11(2)3/h7,10,12H,5-6,8-9H2,1-4H3/b13-10-/t12-/m0/s1. The summed E-state index contributed by atoms with van der Waals surface area (Å²) < 4.78 is 17.7. The van der Waals surface area contributed by atoms with Gasteiger partial charge in [0.2, 0.25) is 5.83 Å². The van der Waals surface area contributed by atoms with E-state index in [2.05, 4.69) is 24.7 Å². The molecule has 0 amide bonds. The van der Waals surface area contributed by atoms with Gasteiger partial charge in [0.1, 0.15) is 0 Å². The van der Waals surface area contributed by atoms with E-state index in [0.29, 0.717) is 12.3 Å². The van der Waals surface area contributed by atoms with Crippen molar-refractivity contribution < 1.29 is 13.9 Å². The van der Waals surface area contributed by atoms with Gasteiger partial charge >= 0.3 is 5.97 Å². The fourth-order valence-corrected chi connectivity index (χ4v) is 1.36. The predicted molar refractivity (Wildman–Crippen MR) is 68.3 cm³/mol. The second kappa shape index (κ2) is 8.97. The number of ether oxygens (including phenoxy) is 1. The maximum Gasteiger partial charge on any atom is 0.366 e. The predicted octanol–water partition coefficient (Wildman–Crippen LogP) is 4.18. The molecule has 1 atom stereocenters. The summed E-state index contributed by atoms with van der Waals surface area (Å²) in [6.07, 6.45) is 6.06. The van der Waals surface area contributed by atoms with Gasteiger partial charge in [0.15, 0.2) is 0 Å². The lowest BCUT2D eigenvalue weighted by Crippen LogP contribution is -2.04. The van der Waals surface area contributed by atoms with E-state index < -0.39 is 11.8 Å². The van der Waals surface area contributed by atoms with Gasteiger partial charge in [0, 0.05) is 0 Å². The van der Waals surface area contributed by atoms with Crippen molar-refractivity contribution in [1.29, 1.82) is 0 Å². The van der Waals surface area contributed by atoms with Gasteiger partial charge in [-0.2, -0.15) is 4.39 Å². The molecule has 0 bridgehead atoms. The summed E-state index contributed by atoms with van der Waals surface area (Å²) in [5, 5.41) is 0. The Bertz CT molecular complexity index is 289. The normalized spacial score (nSPS) is 13.1. The molecular weight excluding hydrogens is 219 g/mol. The van der Waals surface area contributed by atoms with Crippen molar-refractivity contribution in [3.05, 3.63) is 23.6 Å². The third-order valence-corrected chi connectivity index (χ3v) is 2.38. The van der Waals surface area contributed by atoms with Crippen LogP contribution in [0.5, 0.6) is 0 Å². The highest BCUT2D eigenvalue weighted by molar-refractivity contribution is 5.85. The van der Waals surface area contributed by atoms with E-state index in [9.17, 15) is 9.18 Å². The van der Waals surface area contributed by atoms with E-state index >= 15 is 0 Å². The number of esters is 1. The van der Waals surface area contributed by atoms with E-state index in [4.69, 9.17) is 0 Å². The summed E-state index contributed by atoms with van der Waals surface area (Å²) in [6, 6.07) is 0. The zero-order valence-corrected chi connectivity index (χ0v) is 11.3. The van der Waals surface area contributed by atoms with E-state index in [-0.39, 0.29) is 6.61 Å². The lowest BCUT2D eigenvalue weighted by Gasteiger charge is -2.06. The highest BCUT2D eigenvalue weighted by atomic mass is 19.1. The van der Waals surface area contributed by atoms with Crippen LogP contribution in [0, 0.1) is 5.92 Å². The summed E-state index contributed by atoms with van der Waals surface area (Å²) in [5.41, 5.74) is 1.30. The van der Waals surface area contributed by atoms with Crippen LogP contribution < -0.4 is 0 Å². The van der Waals surface area contributed by atoms with Gasteiger partial charge < -0.3 is 4.74 Å². The van der Waals surface area contributed by atoms with Gasteiger partial charge in [-0.15, -0.1) is 0 Å². The zero-order valence-electron chi connectivity index (χ0n) is 11.3. The molecule has 0 saturated carbocycles. The van der Waals surface area contributed by atoms with Crippen LogP contribution in [0.2, 0.25) is 0 Å². The first-order valence-electron chi connectivity index (χ1n) is 6.13. The van der Waals surface area contributed by atoms with Crippen LogP contribution in [0.15, 0.2) is 23.6 Å². The van der Waals surface area contributed by atoms with Crippen LogP contribution in [-0.2, 0) is 9.53 Å². The van der Waals surface area contributed by atoms with Crippen molar-refractivity contribution in [3.63, 3.8) is 0 Å². The molecule has 0 aromatic heterocycles. The molecule has 0 rings (SSSR count). The summed E-state index contributed by atoms with van der Waals surface area (Å²) in [6.45, 7) is 8.03. The molecule has 0 fully saturated rings. The number of rotatable bonds is 7. The van der Waals surface area contributed by atoms with Crippen LogP contribution in [-0.4, -0.2) is 12.6 Å². The molecule has 98 valence electrons. The maximum atomic E-state index is 13.2. The third-order valence-electron chi connectivity index (χ3n) is 2.38. The van der Waals surface area contributed by atoms with Gasteiger partial charge in [-0.05, 0) is 52.0 Å². The molecule has 3 heteroatoms. The number of allylic oxidation sites excluding steroid dienone is 3. The molecule has 0 N–H and O–H groups in total. The number of hydrogen-bond donors (Lipinski definition) is 0. The summed E-state index contributed by atoms with van der Waals surface area (Å²) >= 11 is 0. The largest absolute Gasteiger partial charge is 0.461 e. The van der Waals surface area contributed by atoms with Gasteiger partial charge in [-0.25, -0.2) is 4.79 Å². The van der Waals surface area contributed by atoms with E-state index in [1.807, 2.05) is 6.92 Å². The van der Waals surface area contributed by atoms with Crippen LogP contribution in [0.1, 0.15) is 47.0 Å². The zero-order chi connectivity index (χ0) is 13.3. The van der Waals surface area contributed by atoms with Crippen LogP contribution in [0.4, 0.5) is 4.39 Å². The molecule has 17 heavy (non-hydrogen) atoms. The van der Waals surface area contributed by atoms with Crippen molar-refractivity contribution >= 4 is 5.97 Å². The molecule has 0 aliphatic rings. The molecule has 0 radical (unpaired) electrons. The van der Waals surface area contributed by atoms with E-state index in [1.54, 1.807) is 6.92 Å². The number of halogens is 1. The first kappa shape index (κ1) is 15.9. The Balaban J connectivity index is 3.96. The van der Waals surface area contributed by atoms with Crippen molar-refractivity contribution in [1.82, 2.24) is 0 Å². The summed E-state index contributed by atoms with van der Waals surface area (Å²) in [4.78, 5) is 11.0. The van der Waals surface area contributed by atoms with Gasteiger partial charge in [-0.3, -0.25) is 0 Å². The number of carbonyl (C=O) groups excluding carboxylic acids is 1. The topological polar surface area (TPSA) is 26.3 Å². The Morgan fingerprint density at radius 1 is 1.35 bits per heavy atom. The molecule has 0 heterocycles. The second-order valence-corrected chi connectivity index (χ2v) is 4.47. The summed E-state index contributed by atoms with van der Waals surface area (Å²) in [5.74, 6) is -1.27. The Labute approximate surface area is 104 Å². The number of hydrogen-bond acceptors (Lipinski definition) is 2. The second-order valence-electron chi connectivity index (χ2n) is 4.47. The van der Waals surface area contributed by atoms with Crippen LogP contribution in [0.3, 0.4) is 0 Å². The minimum atomic E-state index is -0.857. The van der Waals surface area contributed by atoms with Gasteiger partial charge in [-0.1, -0.05) is 18.6 Å². The lowest BCUT2D eigenvalue weighted by molar-refractivity contribution is -0.140. The van der Waals surface area contributed by atoms with Crippen molar-refractivity contribution in [2.75, 3.05) is 6.61 Å². The molecule has 0 aliphatic carbocycles. The van der Waals surface area contributed by atoms with Crippen molar-refractivity contribution in [2.45, 2.75) is 47.0 Å². The lowest BCUT2D eigenvalue weighted by atomic mass is 10.0. The minimum Gasteiger partial charge on any atom is -0.461 e. The Morgan fingerprint density at radius 3 is 2.53 bits per heavy atom. The quantitative estimate of drug-likeness (QED) is 0.380. The van der Waals surface area contributed by atoms with E-state index in [1.165, 1.54) is 11.6 Å². The molecule has 0 aromatic carbocycles. The molecular formula is C14H23FO2. The molecule has 0 unspecified atom stereocenters. The first-order chi connectivity index (χ1) is 7.97. The third kappa shape index (κ3) is 8.66. The average Bonchev–Trinajstić information content (AvgIpc) is 2.25. The van der Waals surface area contributed by atoms with Gasteiger partial charge in [0.25, 0.3) is 0 Å². The fraction of sp³-hybridized carbons (Fsp3) is 0.643. The Kier molecular flexibility index (Phi) is 8.38. The maximum absolute atomic E-state index is 13.2. The molecule has 2 nitrogen and oxygen atoms in total. The van der Waals surface area contributed by atoms with E-state index in [0.717, 1.165) is 12.8 Å². The van der Waals surface area contributed by atoms with Crippen LogP contribution in [0.25, 0.3) is 0 Å². The van der Waals surface area contributed by atoms with Crippen LogP contribution >= 0.6 is 0 Å². The molecule has 0 saturated heterocycles. The van der Waals surface area contributed by atoms with Crippen molar-refractivity contribution in [2.24, 2.45) is 5.92 Å². The highest BCUT2D eigenvalue weighted by Gasteiger charge is 2.09. The smallest absolute Gasteiger partial charge is 0.366 e. The molecule has 0 aliphatic heterocycles. The first-order valence-corrected chi connectivity index (χ1v) is 6.13. The van der Waals surface area contributed by atoms with Gasteiger partial charge in [0.05, 0.1) is 6.61 Å². The SMILES string of the molecule is CCOC(=O)/C(F)=C/C[C@@H](C)CCC=C(C)C. The molecule has 0 spiro atoms. The Hall–Kier alpha value is -1.12. The molecule has 0 aromatic rings. The average molecular weight is 242 g/mol. The minimum absolute atomic E-state index is 0.205. The van der Waals surface area contributed by atoms with Crippen molar-refractivity contribution in [3.8, 4) is 0 Å². The monoisotopic (exact) mass is 242 g/mol. The fourth-order valence-electron chi connectivity index (χ4n) is 1.36. The Morgan fingerprint density at radius 2 is 2.00 bits per heavy atom. The summed E-state index contributed by atoms with van der Waals surface area (Å²) in [7, 11) is 0. The highest BCUT2D eigenvalue weighted by Crippen LogP contribution is 2.14.